The summed E-state index contributed by atoms with van der Waals surface area (Å²) in [5.41, 5.74) is 0. The number of aliphatic imine (C=N–C) groups is 1. The number of nitrogens with zero attached hydrogens (tertiary/aromatic N) is 1. The Kier molecular flexibility index (Phi) is 9.09. The van der Waals surface area contributed by atoms with E-state index in [1.54, 1.807) is 11.8 Å². The normalized spacial score (nSPS) is 13.6. The number of rotatable bonds is 9. The fourth-order valence-electron chi connectivity index (χ4n) is 1.85. The van der Waals surface area contributed by atoms with Crippen LogP contribution in [0.4, 0.5) is 0 Å². The Morgan fingerprint density at radius 3 is 2.61 bits per heavy atom. The maximum absolute atomic E-state index is 11.2. The quantitative estimate of drug-likeness (QED) is 0.307. The van der Waals surface area contributed by atoms with Gasteiger partial charge in [0, 0.05) is 29.5 Å². The van der Waals surface area contributed by atoms with E-state index in [0.717, 1.165) is 18.3 Å². The smallest absolute Gasteiger partial charge is 0.191 e. The van der Waals surface area contributed by atoms with Gasteiger partial charge in [-0.25, -0.2) is 8.42 Å². The molecule has 0 spiro atoms. The first kappa shape index (κ1) is 19.8. The Morgan fingerprint density at radius 1 is 1.30 bits per heavy atom. The molecule has 130 valence electrons. The summed E-state index contributed by atoms with van der Waals surface area (Å²) in [4.78, 5) is 5.78. The molecule has 1 atom stereocenters. The number of hydrogen-bond donors (Lipinski definition) is 2. The number of hydrogen-bond acceptors (Lipinski definition) is 4. The zero-order valence-electron chi connectivity index (χ0n) is 14.1. The lowest BCUT2D eigenvalue weighted by Gasteiger charge is -2.17. The van der Waals surface area contributed by atoms with E-state index in [4.69, 9.17) is 0 Å². The number of benzene rings is 1. The largest absolute Gasteiger partial charge is 0.357 e. The van der Waals surface area contributed by atoms with Crippen molar-refractivity contribution >= 4 is 27.6 Å². The van der Waals surface area contributed by atoms with Crippen molar-refractivity contribution in [3.63, 3.8) is 0 Å². The maximum atomic E-state index is 11.2. The molecule has 0 fully saturated rings. The highest BCUT2D eigenvalue weighted by atomic mass is 32.2. The van der Waals surface area contributed by atoms with E-state index in [0.29, 0.717) is 13.0 Å². The van der Waals surface area contributed by atoms with Crippen molar-refractivity contribution in [2.45, 2.75) is 31.2 Å². The third kappa shape index (κ3) is 10.2. The molecule has 7 heteroatoms. The van der Waals surface area contributed by atoms with Crippen LogP contribution in [0.2, 0.25) is 0 Å². The van der Waals surface area contributed by atoms with Gasteiger partial charge >= 0.3 is 0 Å². The van der Waals surface area contributed by atoms with Gasteiger partial charge in [-0.3, -0.25) is 4.99 Å². The molecule has 0 saturated carbocycles. The van der Waals surface area contributed by atoms with E-state index >= 15 is 0 Å². The Labute approximate surface area is 144 Å². The predicted octanol–water partition coefficient (Wildman–Crippen LogP) is 2.16. The van der Waals surface area contributed by atoms with Crippen molar-refractivity contribution in [3.05, 3.63) is 30.3 Å². The van der Waals surface area contributed by atoms with Gasteiger partial charge in [-0.1, -0.05) is 18.2 Å². The van der Waals surface area contributed by atoms with Crippen LogP contribution in [0.3, 0.4) is 0 Å². The highest BCUT2D eigenvalue weighted by molar-refractivity contribution is 7.99. The zero-order chi connectivity index (χ0) is 17.1. The molecule has 1 aromatic carbocycles. The molecule has 23 heavy (non-hydrogen) atoms. The average molecular weight is 358 g/mol. The number of nitrogens with one attached hydrogen (secondary N) is 2. The van der Waals surface area contributed by atoms with E-state index < -0.39 is 9.84 Å². The second kappa shape index (κ2) is 10.5. The van der Waals surface area contributed by atoms with Crippen LogP contribution in [-0.4, -0.2) is 51.3 Å². The van der Waals surface area contributed by atoms with Crippen molar-refractivity contribution < 1.29 is 8.42 Å². The molecule has 0 aromatic heterocycles. The van der Waals surface area contributed by atoms with Crippen LogP contribution in [0, 0.1) is 0 Å². The third-order valence-corrected chi connectivity index (χ3v) is 4.99. The van der Waals surface area contributed by atoms with Gasteiger partial charge < -0.3 is 10.6 Å². The summed E-state index contributed by atoms with van der Waals surface area (Å²) in [6, 6.07) is 10.3. The van der Waals surface area contributed by atoms with E-state index in [9.17, 15) is 8.42 Å². The topological polar surface area (TPSA) is 70.6 Å². The minimum absolute atomic E-state index is 0.0595. The Hall–Kier alpha value is -1.21. The van der Waals surface area contributed by atoms with Crippen LogP contribution >= 0.6 is 11.8 Å². The second-order valence-electron chi connectivity index (χ2n) is 5.39. The SMILES string of the molecule is CCNC(=NCCSc1ccccc1)NC(C)CCS(C)(=O)=O. The van der Waals surface area contributed by atoms with Crippen LogP contribution in [0.25, 0.3) is 0 Å². The summed E-state index contributed by atoms with van der Waals surface area (Å²) in [6.07, 6.45) is 1.84. The molecule has 0 aliphatic rings. The molecule has 0 aliphatic heterocycles. The highest BCUT2D eigenvalue weighted by Gasteiger charge is 2.09. The summed E-state index contributed by atoms with van der Waals surface area (Å²) in [6.45, 7) is 5.46. The summed E-state index contributed by atoms with van der Waals surface area (Å²) in [7, 11) is -2.92. The second-order valence-corrected chi connectivity index (χ2v) is 8.81. The molecule has 0 radical (unpaired) electrons. The lowest BCUT2D eigenvalue weighted by molar-refractivity contribution is 0.581. The van der Waals surface area contributed by atoms with Gasteiger partial charge in [0.1, 0.15) is 9.84 Å². The zero-order valence-corrected chi connectivity index (χ0v) is 15.7. The van der Waals surface area contributed by atoms with E-state index in [-0.39, 0.29) is 11.8 Å². The Balaban J connectivity index is 2.40. The van der Waals surface area contributed by atoms with Gasteiger partial charge in [-0.05, 0) is 32.4 Å². The summed E-state index contributed by atoms with van der Waals surface area (Å²) in [5.74, 6) is 1.82. The monoisotopic (exact) mass is 357 g/mol. The van der Waals surface area contributed by atoms with Crippen molar-refractivity contribution in [2.75, 3.05) is 30.9 Å². The van der Waals surface area contributed by atoms with Crippen LogP contribution in [0.15, 0.2) is 40.2 Å². The first-order valence-corrected chi connectivity index (χ1v) is 10.9. The van der Waals surface area contributed by atoms with Crippen molar-refractivity contribution in [1.29, 1.82) is 0 Å². The van der Waals surface area contributed by atoms with Gasteiger partial charge in [0.2, 0.25) is 0 Å². The van der Waals surface area contributed by atoms with E-state index in [2.05, 4.69) is 27.8 Å². The van der Waals surface area contributed by atoms with E-state index in [1.165, 1.54) is 11.2 Å². The first-order chi connectivity index (χ1) is 10.9. The molecule has 0 bridgehead atoms. The molecule has 1 aromatic rings. The molecule has 1 rings (SSSR count). The molecular weight excluding hydrogens is 330 g/mol. The Bertz CT molecular complexity index is 574. The molecule has 1 unspecified atom stereocenters. The molecular formula is C16H27N3O2S2. The predicted molar refractivity (Wildman–Crippen MR) is 100 cm³/mol. The molecule has 0 aliphatic carbocycles. The third-order valence-electron chi connectivity index (χ3n) is 3.02. The fraction of sp³-hybridized carbons (Fsp3) is 0.562. The minimum Gasteiger partial charge on any atom is -0.357 e. The number of guanidine groups is 1. The first-order valence-electron chi connectivity index (χ1n) is 7.81. The van der Waals surface area contributed by atoms with Crippen molar-refractivity contribution in [3.8, 4) is 0 Å². The lowest BCUT2D eigenvalue weighted by Crippen LogP contribution is -2.43. The fourth-order valence-corrected chi connectivity index (χ4v) is 3.40. The van der Waals surface area contributed by atoms with Gasteiger partial charge in [0.05, 0.1) is 12.3 Å². The van der Waals surface area contributed by atoms with Gasteiger partial charge in [-0.2, -0.15) is 0 Å². The van der Waals surface area contributed by atoms with Gasteiger partial charge in [0.25, 0.3) is 0 Å². The van der Waals surface area contributed by atoms with Crippen LogP contribution in [0.1, 0.15) is 20.3 Å². The number of sulfone groups is 1. The molecule has 0 amide bonds. The summed E-state index contributed by atoms with van der Waals surface area (Å²) >= 11 is 1.77. The van der Waals surface area contributed by atoms with Gasteiger partial charge in [-0.15, -0.1) is 11.8 Å². The standard InChI is InChI=1S/C16H27N3O2S2/c1-4-17-16(19-14(2)10-13-23(3,20)21)18-11-12-22-15-8-6-5-7-9-15/h5-9,14H,4,10-13H2,1-3H3,(H2,17,18,19). The van der Waals surface area contributed by atoms with Crippen molar-refractivity contribution in [2.24, 2.45) is 4.99 Å². The van der Waals surface area contributed by atoms with Crippen LogP contribution in [-0.2, 0) is 9.84 Å². The molecule has 2 N–H and O–H groups in total. The molecule has 0 saturated heterocycles. The average Bonchev–Trinajstić information content (AvgIpc) is 2.50. The van der Waals surface area contributed by atoms with E-state index in [1.807, 2.05) is 32.0 Å². The summed E-state index contributed by atoms with van der Waals surface area (Å²) < 4.78 is 22.4. The van der Waals surface area contributed by atoms with Crippen molar-refractivity contribution in [1.82, 2.24) is 10.6 Å². The highest BCUT2D eigenvalue weighted by Crippen LogP contribution is 2.16. The minimum atomic E-state index is -2.92. The Morgan fingerprint density at radius 2 is 2.00 bits per heavy atom. The van der Waals surface area contributed by atoms with Gasteiger partial charge in [0.15, 0.2) is 5.96 Å². The molecule has 0 heterocycles. The summed E-state index contributed by atoms with van der Waals surface area (Å²) in [5, 5.41) is 6.44. The number of thioether (sulfide) groups is 1. The van der Waals surface area contributed by atoms with Crippen LogP contribution in [0.5, 0.6) is 0 Å². The molecule has 5 nitrogen and oxygen atoms in total. The van der Waals surface area contributed by atoms with Crippen LogP contribution < -0.4 is 10.6 Å². The maximum Gasteiger partial charge on any atom is 0.191 e. The lowest BCUT2D eigenvalue weighted by atomic mass is 10.3.